The topological polar surface area (TPSA) is 34.1 Å². The third kappa shape index (κ3) is 4.94. The molecule has 1 aromatic carbocycles. The summed E-state index contributed by atoms with van der Waals surface area (Å²) in [6.07, 6.45) is 4.11. The molecule has 3 nitrogen and oxygen atoms in total. The highest BCUT2D eigenvalue weighted by molar-refractivity contribution is 7.09. The van der Waals surface area contributed by atoms with E-state index in [0.717, 1.165) is 30.0 Å². The summed E-state index contributed by atoms with van der Waals surface area (Å²) in [5.41, 5.74) is 3.19. The number of hydrogen-bond acceptors (Lipinski definition) is 4. The summed E-state index contributed by atoms with van der Waals surface area (Å²) in [5, 5.41) is 3.43. The second-order valence-corrected chi connectivity index (χ2v) is 5.87. The van der Waals surface area contributed by atoms with Gasteiger partial charge in [0.05, 0.1) is 10.4 Å². The predicted octanol–water partition coefficient (Wildman–Crippen LogP) is 3.65. The molecule has 0 bridgehead atoms. The second kappa shape index (κ2) is 8.02. The van der Waals surface area contributed by atoms with E-state index in [1.165, 1.54) is 5.56 Å². The maximum absolute atomic E-state index is 5.73. The summed E-state index contributed by atoms with van der Waals surface area (Å²) in [4.78, 5) is 5.18. The minimum absolute atomic E-state index is 0.572. The summed E-state index contributed by atoms with van der Waals surface area (Å²) in [5.74, 6) is 0.918. The summed E-state index contributed by atoms with van der Waals surface area (Å²) in [7, 11) is 0. The number of aryl methyl sites for hydroxylation is 1. The number of benzene rings is 1. The zero-order valence-electron chi connectivity index (χ0n) is 12.1. The number of ether oxygens (including phenoxy) is 1. The summed E-state index contributed by atoms with van der Waals surface area (Å²) >= 11 is 1.62. The molecule has 0 amide bonds. The van der Waals surface area contributed by atoms with Crippen molar-refractivity contribution in [1.29, 1.82) is 0 Å². The van der Waals surface area contributed by atoms with Crippen LogP contribution in [0.2, 0.25) is 0 Å². The molecular formula is C16H22N2OS. The summed E-state index contributed by atoms with van der Waals surface area (Å²) < 4.78 is 5.73. The Morgan fingerprint density at radius 1 is 1.30 bits per heavy atom. The highest BCUT2D eigenvalue weighted by Crippen LogP contribution is 2.16. The summed E-state index contributed by atoms with van der Waals surface area (Å²) in [6.45, 7) is 6.01. The Balaban J connectivity index is 1.77. The van der Waals surface area contributed by atoms with Crippen LogP contribution in [0.15, 0.2) is 36.0 Å². The van der Waals surface area contributed by atoms with Gasteiger partial charge in [-0.25, -0.2) is 0 Å². The van der Waals surface area contributed by atoms with Crippen molar-refractivity contribution in [3.05, 3.63) is 46.4 Å². The van der Waals surface area contributed by atoms with E-state index in [-0.39, 0.29) is 0 Å². The van der Waals surface area contributed by atoms with Gasteiger partial charge in [-0.3, -0.25) is 4.98 Å². The van der Waals surface area contributed by atoms with E-state index < -0.39 is 0 Å². The maximum atomic E-state index is 5.73. The number of thiazole rings is 1. The Hall–Kier alpha value is -1.39. The molecule has 1 unspecified atom stereocenters. The first kappa shape index (κ1) is 15.0. The van der Waals surface area contributed by atoms with Gasteiger partial charge in [0.2, 0.25) is 0 Å². The molecular weight excluding hydrogens is 268 g/mol. The molecule has 0 saturated heterocycles. The highest BCUT2D eigenvalue weighted by atomic mass is 32.1. The quantitative estimate of drug-likeness (QED) is 0.805. The first-order valence-corrected chi connectivity index (χ1v) is 7.98. The standard InChI is InChI=1S/C16H22N2OS/c1-3-18-13(2)4-5-14-6-8-15(9-7-14)19-11-16-10-17-12-20-16/h6-10,12-13,18H,3-5,11H2,1-2H3. The normalized spacial score (nSPS) is 12.3. The highest BCUT2D eigenvalue weighted by Gasteiger charge is 2.02. The lowest BCUT2D eigenvalue weighted by molar-refractivity contribution is 0.309. The SMILES string of the molecule is CCNC(C)CCc1ccc(OCc2cncs2)cc1. The number of aromatic nitrogens is 1. The molecule has 2 aromatic rings. The van der Waals surface area contributed by atoms with Crippen molar-refractivity contribution < 1.29 is 4.74 Å². The van der Waals surface area contributed by atoms with Crippen LogP contribution in [0.4, 0.5) is 0 Å². The lowest BCUT2D eigenvalue weighted by atomic mass is 10.1. The molecule has 108 valence electrons. The van der Waals surface area contributed by atoms with E-state index >= 15 is 0 Å². The van der Waals surface area contributed by atoms with Crippen molar-refractivity contribution in [1.82, 2.24) is 10.3 Å². The lowest BCUT2D eigenvalue weighted by Gasteiger charge is -2.12. The van der Waals surface area contributed by atoms with Crippen LogP contribution in [-0.4, -0.2) is 17.6 Å². The molecule has 0 aliphatic rings. The Labute approximate surface area is 125 Å². The lowest BCUT2D eigenvalue weighted by Crippen LogP contribution is -2.25. The Bertz CT molecular complexity index is 482. The van der Waals surface area contributed by atoms with Crippen LogP contribution in [-0.2, 0) is 13.0 Å². The molecule has 2 rings (SSSR count). The average molecular weight is 290 g/mol. The maximum Gasteiger partial charge on any atom is 0.124 e. The minimum atomic E-state index is 0.572. The van der Waals surface area contributed by atoms with Crippen LogP contribution >= 0.6 is 11.3 Å². The number of nitrogens with one attached hydrogen (secondary N) is 1. The van der Waals surface area contributed by atoms with Gasteiger partial charge in [0.15, 0.2) is 0 Å². The first-order chi connectivity index (χ1) is 9.78. The van der Waals surface area contributed by atoms with Crippen molar-refractivity contribution in [3.8, 4) is 5.75 Å². The van der Waals surface area contributed by atoms with E-state index in [9.17, 15) is 0 Å². The molecule has 0 aliphatic carbocycles. The fourth-order valence-corrected chi connectivity index (χ4v) is 2.56. The van der Waals surface area contributed by atoms with Crippen molar-refractivity contribution in [3.63, 3.8) is 0 Å². The van der Waals surface area contributed by atoms with Gasteiger partial charge >= 0.3 is 0 Å². The molecule has 1 N–H and O–H groups in total. The van der Waals surface area contributed by atoms with Gasteiger partial charge < -0.3 is 10.1 Å². The molecule has 0 radical (unpaired) electrons. The van der Waals surface area contributed by atoms with Crippen LogP contribution in [0, 0.1) is 0 Å². The minimum Gasteiger partial charge on any atom is -0.488 e. The van der Waals surface area contributed by atoms with Gasteiger partial charge in [-0.05, 0) is 44.0 Å². The van der Waals surface area contributed by atoms with Crippen LogP contribution in [0.5, 0.6) is 5.75 Å². The molecule has 0 spiro atoms. The van der Waals surface area contributed by atoms with Crippen LogP contribution in [0.3, 0.4) is 0 Å². The Kier molecular flexibility index (Phi) is 6.02. The Morgan fingerprint density at radius 2 is 2.10 bits per heavy atom. The molecule has 1 heterocycles. The van der Waals surface area contributed by atoms with Crippen LogP contribution in [0.1, 0.15) is 30.7 Å². The fraction of sp³-hybridized carbons (Fsp3) is 0.438. The number of hydrogen-bond donors (Lipinski definition) is 1. The largest absolute Gasteiger partial charge is 0.488 e. The van der Waals surface area contributed by atoms with Gasteiger partial charge in [-0.1, -0.05) is 19.1 Å². The van der Waals surface area contributed by atoms with E-state index in [0.29, 0.717) is 12.6 Å². The van der Waals surface area contributed by atoms with Gasteiger partial charge in [-0.2, -0.15) is 0 Å². The third-order valence-electron chi connectivity index (χ3n) is 3.21. The predicted molar refractivity (Wildman–Crippen MR) is 84.3 cm³/mol. The molecule has 0 saturated carbocycles. The number of nitrogens with zero attached hydrogens (tertiary/aromatic N) is 1. The first-order valence-electron chi connectivity index (χ1n) is 7.10. The van der Waals surface area contributed by atoms with E-state index in [1.807, 2.05) is 23.8 Å². The van der Waals surface area contributed by atoms with E-state index in [2.05, 4.69) is 36.3 Å². The third-order valence-corrected chi connectivity index (χ3v) is 3.96. The van der Waals surface area contributed by atoms with Crippen LogP contribution in [0.25, 0.3) is 0 Å². The van der Waals surface area contributed by atoms with Crippen LogP contribution < -0.4 is 10.1 Å². The number of rotatable bonds is 8. The van der Waals surface area contributed by atoms with Gasteiger partial charge in [0, 0.05) is 12.2 Å². The molecule has 20 heavy (non-hydrogen) atoms. The van der Waals surface area contributed by atoms with Crippen molar-refractivity contribution in [2.75, 3.05) is 6.54 Å². The molecule has 0 aliphatic heterocycles. The zero-order valence-corrected chi connectivity index (χ0v) is 13.0. The average Bonchev–Trinajstić information content (AvgIpc) is 2.98. The smallest absolute Gasteiger partial charge is 0.124 e. The van der Waals surface area contributed by atoms with Crippen molar-refractivity contribution in [2.45, 2.75) is 39.3 Å². The van der Waals surface area contributed by atoms with Gasteiger partial charge in [0.1, 0.15) is 12.4 Å². The van der Waals surface area contributed by atoms with E-state index in [4.69, 9.17) is 4.74 Å². The summed E-state index contributed by atoms with van der Waals surface area (Å²) in [6, 6.07) is 8.98. The fourth-order valence-electron chi connectivity index (χ4n) is 2.05. The molecule has 4 heteroatoms. The van der Waals surface area contributed by atoms with Gasteiger partial charge in [0.25, 0.3) is 0 Å². The molecule has 1 aromatic heterocycles. The molecule has 0 fully saturated rings. The molecule has 1 atom stereocenters. The Morgan fingerprint density at radius 3 is 2.75 bits per heavy atom. The zero-order chi connectivity index (χ0) is 14.2. The monoisotopic (exact) mass is 290 g/mol. The second-order valence-electron chi connectivity index (χ2n) is 4.90. The van der Waals surface area contributed by atoms with Gasteiger partial charge in [-0.15, -0.1) is 11.3 Å². The van der Waals surface area contributed by atoms with Crippen molar-refractivity contribution >= 4 is 11.3 Å². The van der Waals surface area contributed by atoms with E-state index in [1.54, 1.807) is 11.3 Å². The van der Waals surface area contributed by atoms with Crippen molar-refractivity contribution in [2.24, 2.45) is 0 Å².